The molecule has 0 bridgehead atoms. The monoisotopic (exact) mass is 611 g/mol. The summed E-state index contributed by atoms with van der Waals surface area (Å²) in [5, 5.41) is 46.0. The van der Waals surface area contributed by atoms with Gasteiger partial charge in [-0.1, -0.05) is 11.6 Å². The highest BCUT2D eigenvalue weighted by Crippen LogP contribution is 2.59. The van der Waals surface area contributed by atoms with Crippen LogP contribution in [0.2, 0.25) is 5.02 Å². The van der Waals surface area contributed by atoms with Crippen LogP contribution in [0.25, 0.3) is 5.76 Å². The van der Waals surface area contributed by atoms with E-state index in [1.54, 1.807) is 20.2 Å². The number of aliphatic hydroxyl groups is 3. The molecule has 0 heterocycles. The van der Waals surface area contributed by atoms with Gasteiger partial charge in [-0.25, -0.2) is 0 Å². The quantitative estimate of drug-likeness (QED) is 0.278. The van der Waals surface area contributed by atoms with Gasteiger partial charge in [0.15, 0.2) is 11.4 Å². The maximum atomic E-state index is 14.0. The molecule has 10 nitrogen and oxygen atoms in total. The van der Waals surface area contributed by atoms with Crippen LogP contribution in [0.15, 0.2) is 23.0 Å². The molecule has 6 N–H and O–H groups in total. The molecular formula is C32H38ClN3O7. The van der Waals surface area contributed by atoms with Gasteiger partial charge in [-0.15, -0.1) is 0 Å². The van der Waals surface area contributed by atoms with Crippen molar-refractivity contribution in [3.8, 4) is 5.75 Å². The third-order valence-electron chi connectivity index (χ3n) is 11.0. The van der Waals surface area contributed by atoms with Crippen LogP contribution < -0.4 is 5.73 Å². The molecule has 0 aliphatic heterocycles. The first-order valence-corrected chi connectivity index (χ1v) is 15.6. The molecule has 4 fully saturated rings. The summed E-state index contributed by atoms with van der Waals surface area (Å²) in [6, 6.07) is 0.441. The second kappa shape index (κ2) is 9.54. The van der Waals surface area contributed by atoms with Crippen molar-refractivity contribution in [2.24, 2.45) is 29.4 Å². The fourth-order valence-electron chi connectivity index (χ4n) is 8.41. The number of Topliss-reactive ketones (excluding diaryl/α,β-unsaturated/α-hetero) is 2. The van der Waals surface area contributed by atoms with Gasteiger partial charge in [0.2, 0.25) is 5.78 Å². The largest absolute Gasteiger partial charge is 0.508 e. The molecule has 1 amide bonds. The van der Waals surface area contributed by atoms with E-state index in [2.05, 4.69) is 4.90 Å². The highest BCUT2D eigenvalue weighted by molar-refractivity contribution is 6.32. The third kappa shape index (κ3) is 4.13. The van der Waals surface area contributed by atoms with Gasteiger partial charge in [0.05, 0.1) is 11.6 Å². The fraction of sp³-hybridized carbons (Fsp3) is 0.594. The van der Waals surface area contributed by atoms with E-state index in [9.17, 15) is 34.8 Å². The lowest BCUT2D eigenvalue weighted by Gasteiger charge is -2.50. The molecule has 1 aromatic carbocycles. The molecule has 0 radical (unpaired) electrons. The number of phenolic OH excluding ortho intramolecular Hbond substituents is 1. The molecule has 4 saturated carbocycles. The first-order valence-electron chi connectivity index (χ1n) is 15.2. The van der Waals surface area contributed by atoms with E-state index in [4.69, 9.17) is 17.3 Å². The van der Waals surface area contributed by atoms with E-state index in [1.807, 2.05) is 0 Å². The summed E-state index contributed by atoms with van der Waals surface area (Å²) in [4.78, 5) is 43.6. The van der Waals surface area contributed by atoms with E-state index < -0.39 is 58.0 Å². The molecule has 11 heteroatoms. The van der Waals surface area contributed by atoms with Gasteiger partial charge < -0.3 is 26.2 Å². The van der Waals surface area contributed by atoms with Crippen molar-refractivity contribution in [1.29, 1.82) is 0 Å². The number of likely N-dealkylation sites (N-methyl/N-ethyl adjacent to an activating group) is 1. The Bertz CT molecular complexity index is 1540. The predicted molar refractivity (Wildman–Crippen MR) is 157 cm³/mol. The first kappa shape index (κ1) is 28.8. The number of halogens is 1. The lowest BCUT2D eigenvalue weighted by Crippen LogP contribution is -2.65. The van der Waals surface area contributed by atoms with Gasteiger partial charge in [0.25, 0.3) is 5.91 Å². The molecule has 6 aliphatic carbocycles. The van der Waals surface area contributed by atoms with E-state index in [0.29, 0.717) is 29.0 Å². The Kier molecular flexibility index (Phi) is 6.39. The van der Waals surface area contributed by atoms with E-state index >= 15 is 0 Å². The smallest absolute Gasteiger partial charge is 0.255 e. The van der Waals surface area contributed by atoms with Crippen LogP contribution in [-0.2, 0) is 27.3 Å². The number of ketones is 2. The lowest BCUT2D eigenvalue weighted by atomic mass is 9.57. The molecular weight excluding hydrogens is 574 g/mol. The fourth-order valence-corrected chi connectivity index (χ4v) is 8.70. The van der Waals surface area contributed by atoms with Crippen LogP contribution in [0.5, 0.6) is 5.75 Å². The van der Waals surface area contributed by atoms with Crippen molar-refractivity contribution in [2.75, 3.05) is 20.6 Å². The molecule has 6 aliphatic rings. The Morgan fingerprint density at radius 2 is 1.79 bits per heavy atom. The average Bonchev–Trinajstić information content (AvgIpc) is 3.78. The minimum atomic E-state index is -2.66. The highest BCUT2D eigenvalue weighted by Gasteiger charge is 2.64. The normalized spacial score (nSPS) is 31.3. The average molecular weight is 612 g/mol. The second-order valence-corrected chi connectivity index (χ2v) is 14.3. The molecule has 0 spiro atoms. The molecule has 0 saturated heterocycles. The Hall–Kier alpha value is -2.92. The Morgan fingerprint density at radius 1 is 1.12 bits per heavy atom. The molecule has 4 atom stereocenters. The Morgan fingerprint density at radius 3 is 2.35 bits per heavy atom. The number of hydrogen-bond donors (Lipinski definition) is 5. The molecule has 0 unspecified atom stereocenters. The third-order valence-corrected chi connectivity index (χ3v) is 11.5. The number of primary amides is 1. The van der Waals surface area contributed by atoms with Crippen LogP contribution in [-0.4, -0.2) is 85.5 Å². The van der Waals surface area contributed by atoms with Gasteiger partial charge in [-0.05, 0) is 100 Å². The standard InChI is InChI=1S/C32H38ClN3O7/c1-35(2)25-19-10-15-9-18-22(26(38)21(15)28(40)32(19,43)29(41)23(27(25)39)30(34)42)20(37)11-16(24(18)33)13-36(12-14-3-4-14)31(7-8-31)17-5-6-17/h11,14-15,17,19,25,37-38,41,43H,3-10,12-13H2,1-2H3,(H2,34,42)/t15-,19-,25-,32-/m0/s1. The number of nitrogens with zero attached hydrogens (tertiary/aromatic N) is 2. The van der Waals surface area contributed by atoms with Gasteiger partial charge >= 0.3 is 0 Å². The SMILES string of the molecule is CN(C)[C@@H]1C(=O)C(C(N)=O)=C(O)[C@@]2(O)C(=O)C3=C(O)c4c(O)cc(CN(CC5CC5)C5(C6CC6)CC5)c(Cl)c4C[C@H]3C[C@@H]12. The van der Waals surface area contributed by atoms with E-state index in [0.717, 1.165) is 12.1 Å². The molecule has 1 aromatic rings. The van der Waals surface area contributed by atoms with Crippen LogP contribution in [0.1, 0.15) is 61.6 Å². The van der Waals surface area contributed by atoms with E-state index in [1.165, 1.54) is 43.4 Å². The number of rotatable bonds is 8. The number of aromatic hydroxyl groups is 1. The van der Waals surface area contributed by atoms with Crippen molar-refractivity contribution >= 4 is 34.8 Å². The number of phenols is 1. The lowest BCUT2D eigenvalue weighted by molar-refractivity contribution is -0.153. The van der Waals surface area contributed by atoms with Crippen LogP contribution >= 0.6 is 11.6 Å². The molecule has 0 aromatic heterocycles. The minimum Gasteiger partial charge on any atom is -0.508 e. The zero-order valence-corrected chi connectivity index (χ0v) is 25.2. The number of nitrogens with two attached hydrogens (primary N) is 1. The summed E-state index contributed by atoms with van der Waals surface area (Å²) in [5.74, 6) is -5.27. The highest BCUT2D eigenvalue weighted by atomic mass is 35.5. The van der Waals surface area contributed by atoms with Gasteiger partial charge in [-0.3, -0.25) is 24.2 Å². The second-order valence-electron chi connectivity index (χ2n) is 13.9. The molecule has 230 valence electrons. The number of fused-ring (bicyclic) bond motifs is 3. The van der Waals surface area contributed by atoms with Crippen molar-refractivity contribution in [2.45, 2.75) is 75.1 Å². The summed E-state index contributed by atoms with van der Waals surface area (Å²) >= 11 is 7.07. The van der Waals surface area contributed by atoms with Gasteiger partial charge in [-0.2, -0.15) is 0 Å². The molecule has 43 heavy (non-hydrogen) atoms. The van der Waals surface area contributed by atoms with Crippen molar-refractivity contribution < 1.29 is 34.8 Å². The number of benzene rings is 1. The van der Waals surface area contributed by atoms with Crippen LogP contribution in [0, 0.1) is 23.7 Å². The summed E-state index contributed by atoms with van der Waals surface area (Å²) in [6.45, 7) is 1.59. The first-order chi connectivity index (χ1) is 20.3. The van der Waals surface area contributed by atoms with Crippen molar-refractivity contribution in [3.05, 3.63) is 44.7 Å². The maximum absolute atomic E-state index is 14.0. The summed E-state index contributed by atoms with van der Waals surface area (Å²) in [7, 11) is 3.16. The van der Waals surface area contributed by atoms with Crippen LogP contribution in [0.3, 0.4) is 0 Å². The number of carbonyl (C=O) groups is 3. The number of amides is 1. The summed E-state index contributed by atoms with van der Waals surface area (Å²) in [5.41, 5.74) is 3.26. The van der Waals surface area contributed by atoms with Gasteiger partial charge in [0, 0.05) is 35.1 Å². The van der Waals surface area contributed by atoms with Crippen molar-refractivity contribution in [1.82, 2.24) is 9.80 Å². The Labute approximate surface area is 254 Å². The number of carbonyl (C=O) groups excluding carboxylic acids is 3. The maximum Gasteiger partial charge on any atom is 0.255 e. The minimum absolute atomic E-state index is 0.0297. The van der Waals surface area contributed by atoms with Crippen LogP contribution in [0.4, 0.5) is 0 Å². The van der Waals surface area contributed by atoms with Crippen molar-refractivity contribution in [3.63, 3.8) is 0 Å². The zero-order valence-electron chi connectivity index (χ0n) is 24.4. The summed E-state index contributed by atoms with van der Waals surface area (Å²) < 4.78 is 0. The predicted octanol–water partition coefficient (Wildman–Crippen LogP) is 2.77. The number of hydrogen-bond acceptors (Lipinski definition) is 9. The summed E-state index contributed by atoms with van der Waals surface area (Å²) in [6.07, 6.45) is 7.52. The Balaban J connectivity index is 1.30. The number of aliphatic hydroxyl groups excluding tert-OH is 2. The molecule has 7 rings (SSSR count). The topological polar surface area (TPSA) is 165 Å². The van der Waals surface area contributed by atoms with E-state index in [-0.39, 0.29) is 35.3 Å². The zero-order chi connectivity index (χ0) is 30.7. The van der Waals surface area contributed by atoms with Gasteiger partial charge in [0.1, 0.15) is 22.8 Å².